The van der Waals surface area contributed by atoms with E-state index in [4.69, 9.17) is 9.52 Å². The minimum atomic E-state index is -1.07. The van der Waals surface area contributed by atoms with Gasteiger partial charge in [0.25, 0.3) is 0 Å². The fourth-order valence-corrected chi connectivity index (χ4v) is 4.59. The van der Waals surface area contributed by atoms with Gasteiger partial charge in [-0.3, -0.25) is 0 Å². The zero-order valence-corrected chi connectivity index (χ0v) is 13.9. The fourth-order valence-electron chi connectivity index (χ4n) is 2.53. The average molecular weight is 371 g/mol. The topological polar surface area (TPSA) is 68.3 Å². The summed E-state index contributed by atoms with van der Waals surface area (Å²) in [5.74, 6) is -0.647. The molecular formula is C17H12N2O3Se. The molecule has 0 radical (unpaired) electrons. The number of furan rings is 1. The van der Waals surface area contributed by atoms with Gasteiger partial charge in [0.2, 0.25) is 0 Å². The maximum atomic E-state index is 11.0. The summed E-state index contributed by atoms with van der Waals surface area (Å²) in [5, 5.41) is 13.7. The van der Waals surface area contributed by atoms with Gasteiger partial charge in [0.05, 0.1) is 0 Å². The molecule has 6 heteroatoms. The minimum absolute atomic E-state index is 0.0711. The first-order chi connectivity index (χ1) is 11.1. The monoisotopic (exact) mass is 372 g/mol. The van der Waals surface area contributed by atoms with Gasteiger partial charge in [-0.15, -0.1) is 0 Å². The van der Waals surface area contributed by atoms with Gasteiger partial charge in [0, 0.05) is 0 Å². The van der Waals surface area contributed by atoms with Crippen molar-refractivity contribution in [3.63, 3.8) is 0 Å². The summed E-state index contributed by atoms with van der Waals surface area (Å²) >= 11 is 0.174. The summed E-state index contributed by atoms with van der Waals surface area (Å²) in [6.45, 7) is 2.10. The summed E-state index contributed by atoms with van der Waals surface area (Å²) in [7, 11) is 0. The molecule has 3 heterocycles. The summed E-state index contributed by atoms with van der Waals surface area (Å²) in [6, 6.07) is 15.2. The standard InChI is InChI=1S/C17H12N2O3Se/c1-10-9-12-16(23-10)15(13-7-8-14(22-13)17(20)21)18-19(12)11-5-3-2-4-6-11/h2-9H,1H3,(H,20,21). The van der Waals surface area contributed by atoms with Gasteiger partial charge in [-0.1, -0.05) is 0 Å². The van der Waals surface area contributed by atoms with E-state index in [-0.39, 0.29) is 20.3 Å². The van der Waals surface area contributed by atoms with E-state index in [0.29, 0.717) is 5.76 Å². The zero-order chi connectivity index (χ0) is 16.0. The van der Waals surface area contributed by atoms with Crippen LogP contribution in [-0.4, -0.2) is 35.4 Å². The zero-order valence-electron chi connectivity index (χ0n) is 12.2. The number of aryl methyl sites for hydroxylation is 1. The first-order valence-electron chi connectivity index (χ1n) is 7.01. The molecule has 0 aliphatic carbocycles. The Bertz CT molecular complexity index is 1010. The number of carboxylic acid groups (broad SMARTS) is 1. The first kappa shape index (κ1) is 14.1. The Labute approximate surface area is 137 Å². The van der Waals surface area contributed by atoms with E-state index in [0.717, 1.165) is 21.2 Å². The van der Waals surface area contributed by atoms with E-state index in [9.17, 15) is 4.79 Å². The molecule has 0 saturated heterocycles. The molecule has 4 rings (SSSR count). The Morgan fingerprint density at radius 2 is 2.00 bits per heavy atom. The summed E-state index contributed by atoms with van der Waals surface area (Å²) in [4.78, 5) is 11.0. The molecule has 0 amide bonds. The number of fused-ring (bicyclic) bond motifs is 1. The van der Waals surface area contributed by atoms with Crippen molar-refractivity contribution in [3.05, 3.63) is 58.7 Å². The molecule has 0 unspecified atom stereocenters. The molecule has 1 aromatic carbocycles. The van der Waals surface area contributed by atoms with E-state index >= 15 is 0 Å². The van der Waals surface area contributed by atoms with Crippen LogP contribution in [0.25, 0.3) is 26.9 Å². The molecule has 0 saturated carbocycles. The van der Waals surface area contributed by atoms with Crippen LogP contribution in [0, 0.1) is 6.92 Å². The number of benzene rings is 1. The van der Waals surface area contributed by atoms with Crippen LogP contribution in [0.2, 0.25) is 0 Å². The predicted octanol–water partition coefficient (Wildman–Crippen LogP) is 3.35. The molecule has 0 bridgehead atoms. The van der Waals surface area contributed by atoms with Crippen molar-refractivity contribution >= 4 is 30.2 Å². The predicted molar refractivity (Wildman–Crippen MR) is 87.4 cm³/mol. The van der Waals surface area contributed by atoms with Gasteiger partial charge in [0.1, 0.15) is 0 Å². The molecule has 3 aromatic heterocycles. The Kier molecular flexibility index (Phi) is 3.22. The molecular weight excluding hydrogens is 359 g/mol. The van der Waals surface area contributed by atoms with Gasteiger partial charge in [0.15, 0.2) is 0 Å². The number of carbonyl (C=O) groups is 1. The third-order valence-corrected chi connectivity index (χ3v) is 5.73. The molecule has 1 N–H and O–H groups in total. The van der Waals surface area contributed by atoms with Crippen molar-refractivity contribution in [2.75, 3.05) is 0 Å². The van der Waals surface area contributed by atoms with Crippen LogP contribution in [-0.2, 0) is 0 Å². The number of hydrogen-bond acceptors (Lipinski definition) is 3. The second kappa shape index (κ2) is 5.26. The molecule has 5 nitrogen and oxygen atoms in total. The van der Waals surface area contributed by atoms with E-state index in [1.165, 1.54) is 10.5 Å². The van der Waals surface area contributed by atoms with Crippen LogP contribution in [0.4, 0.5) is 0 Å². The van der Waals surface area contributed by atoms with Crippen LogP contribution < -0.4 is 0 Å². The second-order valence-electron chi connectivity index (χ2n) is 5.14. The number of hydrogen-bond donors (Lipinski definition) is 1. The van der Waals surface area contributed by atoms with E-state index in [2.05, 4.69) is 18.1 Å². The van der Waals surface area contributed by atoms with Crippen molar-refractivity contribution in [2.24, 2.45) is 0 Å². The van der Waals surface area contributed by atoms with Gasteiger partial charge in [-0.05, 0) is 0 Å². The molecule has 0 fully saturated rings. The number of nitrogens with zero attached hydrogens (tertiary/aromatic N) is 2. The van der Waals surface area contributed by atoms with Gasteiger partial charge < -0.3 is 0 Å². The molecule has 114 valence electrons. The molecule has 23 heavy (non-hydrogen) atoms. The van der Waals surface area contributed by atoms with E-state index < -0.39 is 5.97 Å². The number of para-hydroxylation sites is 1. The van der Waals surface area contributed by atoms with Crippen LogP contribution in [0.15, 0.2) is 52.9 Å². The van der Waals surface area contributed by atoms with Crippen LogP contribution in [0.5, 0.6) is 0 Å². The third kappa shape index (κ3) is 2.32. The van der Waals surface area contributed by atoms with Crippen molar-refractivity contribution in [2.45, 2.75) is 6.92 Å². The molecule has 0 spiro atoms. The quantitative estimate of drug-likeness (QED) is 0.561. The molecule has 0 aliphatic rings. The molecule has 0 aliphatic heterocycles. The van der Waals surface area contributed by atoms with Crippen LogP contribution >= 0.6 is 0 Å². The number of rotatable bonds is 3. The van der Waals surface area contributed by atoms with Gasteiger partial charge >= 0.3 is 137 Å². The van der Waals surface area contributed by atoms with Crippen molar-refractivity contribution < 1.29 is 14.3 Å². The summed E-state index contributed by atoms with van der Waals surface area (Å²) < 4.78 is 9.78. The first-order valence-corrected chi connectivity index (χ1v) is 8.73. The van der Waals surface area contributed by atoms with Crippen molar-refractivity contribution in [1.29, 1.82) is 0 Å². The van der Waals surface area contributed by atoms with Gasteiger partial charge in [-0.2, -0.15) is 0 Å². The molecule has 0 atom stereocenters. The Morgan fingerprint density at radius 1 is 1.22 bits per heavy atom. The second-order valence-corrected chi connectivity index (χ2v) is 7.77. The Morgan fingerprint density at radius 3 is 2.70 bits per heavy atom. The fraction of sp³-hybridized carbons (Fsp3) is 0.0588. The van der Waals surface area contributed by atoms with Gasteiger partial charge in [-0.25, -0.2) is 0 Å². The van der Waals surface area contributed by atoms with Crippen molar-refractivity contribution in [3.8, 4) is 17.1 Å². The Hall–Kier alpha value is -2.56. The van der Waals surface area contributed by atoms with E-state index in [1.54, 1.807) is 6.07 Å². The number of carboxylic acids is 1. The summed E-state index contributed by atoms with van der Waals surface area (Å²) in [5.41, 5.74) is 2.75. The number of aromatic nitrogens is 2. The SMILES string of the molecule is Cc1cc2c([se]1)c(-c1ccc(C(=O)O)o1)nn2-c1ccccc1. The summed E-state index contributed by atoms with van der Waals surface area (Å²) in [6.07, 6.45) is 0. The maximum absolute atomic E-state index is 11.0. The molecule has 4 aromatic rings. The van der Waals surface area contributed by atoms with Crippen LogP contribution in [0.3, 0.4) is 0 Å². The third-order valence-electron chi connectivity index (χ3n) is 3.53. The Balaban J connectivity index is 1.95. The van der Waals surface area contributed by atoms with Crippen LogP contribution in [0.1, 0.15) is 15.0 Å². The number of aromatic carboxylic acids is 1. The normalized spacial score (nSPS) is 11.2. The van der Waals surface area contributed by atoms with E-state index in [1.807, 2.05) is 35.0 Å². The van der Waals surface area contributed by atoms with Crippen molar-refractivity contribution in [1.82, 2.24) is 9.78 Å². The average Bonchev–Trinajstić information content (AvgIpc) is 3.22.